The molecule has 0 spiro atoms. The Balaban J connectivity index is 2.99. The van der Waals surface area contributed by atoms with Crippen LogP contribution >= 0.6 is 23.5 Å². The zero-order valence-electron chi connectivity index (χ0n) is 8.17. The molecule has 0 aromatic carbocycles. The molecule has 0 amide bonds. The van der Waals surface area contributed by atoms with Crippen LogP contribution in [0.4, 0.5) is 0 Å². The summed E-state index contributed by atoms with van der Waals surface area (Å²) in [6, 6.07) is 3.59. The molecule has 0 fully saturated rings. The highest BCUT2D eigenvalue weighted by molar-refractivity contribution is 8.22. The number of nitrogens with zero attached hydrogens (tertiary/aromatic N) is 2. The Morgan fingerprint density at radius 1 is 1.06 bits per heavy atom. The first kappa shape index (κ1) is 12.6. The van der Waals surface area contributed by atoms with E-state index in [0.717, 1.165) is 0 Å². The molecular weight excluding hydrogens is 244 g/mol. The van der Waals surface area contributed by atoms with Gasteiger partial charge < -0.3 is 10.2 Å². The van der Waals surface area contributed by atoms with Gasteiger partial charge in [0.2, 0.25) is 0 Å². The first-order valence-electron chi connectivity index (χ1n) is 4.25. The SMILES string of the molecule is N#CC(C#N)=C1SC/C(O)=C\C=C(\O)CS1. The van der Waals surface area contributed by atoms with Crippen LogP contribution in [0.5, 0.6) is 0 Å². The summed E-state index contributed by atoms with van der Waals surface area (Å²) in [4.78, 5) is 0. The van der Waals surface area contributed by atoms with Crippen molar-refractivity contribution >= 4 is 23.5 Å². The summed E-state index contributed by atoms with van der Waals surface area (Å²) in [6.07, 6.45) is 2.81. The van der Waals surface area contributed by atoms with Crippen molar-refractivity contribution < 1.29 is 10.2 Å². The summed E-state index contributed by atoms with van der Waals surface area (Å²) in [5, 5.41) is 36.2. The summed E-state index contributed by atoms with van der Waals surface area (Å²) < 4.78 is 0.520. The molecule has 1 rings (SSSR count). The lowest BCUT2D eigenvalue weighted by molar-refractivity contribution is 0.409. The quantitative estimate of drug-likeness (QED) is 0.644. The summed E-state index contributed by atoms with van der Waals surface area (Å²) in [5.41, 5.74) is 0.0116. The van der Waals surface area contributed by atoms with E-state index in [9.17, 15) is 10.2 Å². The van der Waals surface area contributed by atoms with Crippen molar-refractivity contribution in [3.05, 3.63) is 33.5 Å². The molecular formula is C10H8N2O2S2. The number of nitriles is 2. The maximum absolute atomic E-state index is 9.39. The highest BCUT2D eigenvalue weighted by atomic mass is 32.2. The lowest BCUT2D eigenvalue weighted by Gasteiger charge is -2.04. The van der Waals surface area contributed by atoms with Crippen LogP contribution in [0.25, 0.3) is 0 Å². The van der Waals surface area contributed by atoms with Gasteiger partial charge in [-0.15, -0.1) is 23.5 Å². The van der Waals surface area contributed by atoms with Crippen molar-refractivity contribution in [1.82, 2.24) is 0 Å². The number of rotatable bonds is 0. The van der Waals surface area contributed by atoms with Gasteiger partial charge in [-0.05, 0) is 12.2 Å². The van der Waals surface area contributed by atoms with Crippen molar-refractivity contribution in [3.8, 4) is 12.1 Å². The van der Waals surface area contributed by atoms with Crippen molar-refractivity contribution in [1.29, 1.82) is 10.5 Å². The van der Waals surface area contributed by atoms with Crippen LogP contribution in [0, 0.1) is 22.7 Å². The highest BCUT2D eigenvalue weighted by Crippen LogP contribution is 2.34. The van der Waals surface area contributed by atoms with E-state index in [2.05, 4.69) is 0 Å². The Labute approximate surface area is 102 Å². The minimum atomic E-state index is 0.0116. The Morgan fingerprint density at radius 2 is 1.50 bits per heavy atom. The van der Waals surface area contributed by atoms with Crippen molar-refractivity contribution in [3.63, 3.8) is 0 Å². The predicted molar refractivity (Wildman–Crippen MR) is 64.6 cm³/mol. The third kappa shape index (κ3) is 3.58. The number of aliphatic hydroxyl groups excluding tert-OH is 2. The van der Waals surface area contributed by atoms with Gasteiger partial charge in [0.15, 0.2) is 0 Å². The van der Waals surface area contributed by atoms with Gasteiger partial charge >= 0.3 is 0 Å². The van der Waals surface area contributed by atoms with Crippen molar-refractivity contribution in [2.45, 2.75) is 0 Å². The average Bonchev–Trinajstić information content (AvgIpc) is 2.36. The molecule has 0 bridgehead atoms. The molecule has 1 aliphatic heterocycles. The van der Waals surface area contributed by atoms with E-state index in [4.69, 9.17) is 10.5 Å². The van der Waals surface area contributed by atoms with Crippen LogP contribution in [-0.2, 0) is 0 Å². The maximum atomic E-state index is 9.39. The van der Waals surface area contributed by atoms with E-state index in [0.29, 0.717) is 4.24 Å². The van der Waals surface area contributed by atoms with Crippen LogP contribution in [0.3, 0.4) is 0 Å². The number of aliphatic hydroxyl groups is 2. The molecule has 0 saturated heterocycles. The smallest absolute Gasteiger partial charge is 0.149 e. The Bertz CT molecular complexity index is 412. The van der Waals surface area contributed by atoms with Crippen LogP contribution in [0.2, 0.25) is 0 Å². The van der Waals surface area contributed by atoms with E-state index in [1.54, 1.807) is 12.1 Å². The second-order valence-corrected chi connectivity index (χ2v) is 5.01. The topological polar surface area (TPSA) is 88.0 Å². The van der Waals surface area contributed by atoms with E-state index < -0.39 is 0 Å². The lowest BCUT2D eigenvalue weighted by Crippen LogP contribution is -1.88. The molecule has 0 unspecified atom stereocenters. The largest absolute Gasteiger partial charge is 0.511 e. The van der Waals surface area contributed by atoms with E-state index in [-0.39, 0.29) is 28.6 Å². The molecule has 0 atom stereocenters. The van der Waals surface area contributed by atoms with E-state index >= 15 is 0 Å². The molecule has 82 valence electrons. The summed E-state index contributed by atoms with van der Waals surface area (Å²) in [7, 11) is 0. The molecule has 1 aliphatic rings. The second-order valence-electron chi connectivity index (χ2n) is 2.78. The van der Waals surface area contributed by atoms with Crippen molar-refractivity contribution in [2.24, 2.45) is 0 Å². The standard InChI is InChI=1S/C10H8N2O2S2/c11-3-7(4-12)10-15-5-8(13)1-2-9(14)6-16-10/h1-2,13-14H,5-6H2/b8-1+,9-2+. The number of hydrogen-bond acceptors (Lipinski definition) is 6. The van der Waals surface area contributed by atoms with Crippen LogP contribution in [0.15, 0.2) is 33.5 Å². The van der Waals surface area contributed by atoms with E-state index in [1.807, 2.05) is 0 Å². The molecule has 1 heterocycles. The fourth-order valence-electron chi connectivity index (χ4n) is 0.870. The lowest BCUT2D eigenvalue weighted by atomic mass is 10.4. The average molecular weight is 252 g/mol. The van der Waals surface area contributed by atoms with Gasteiger partial charge in [0, 0.05) is 0 Å². The van der Waals surface area contributed by atoms with Gasteiger partial charge in [-0.3, -0.25) is 0 Å². The first-order chi connectivity index (χ1) is 7.67. The third-order valence-corrected chi connectivity index (χ3v) is 4.12. The highest BCUT2D eigenvalue weighted by Gasteiger charge is 2.11. The molecule has 0 aliphatic carbocycles. The van der Waals surface area contributed by atoms with Crippen LogP contribution < -0.4 is 0 Å². The van der Waals surface area contributed by atoms with Crippen LogP contribution in [0.1, 0.15) is 0 Å². The normalized spacial score (nSPS) is 23.2. The van der Waals surface area contributed by atoms with Gasteiger partial charge in [0.1, 0.15) is 29.2 Å². The van der Waals surface area contributed by atoms with Crippen molar-refractivity contribution in [2.75, 3.05) is 11.5 Å². The monoisotopic (exact) mass is 252 g/mol. The second kappa shape index (κ2) is 6.16. The molecule has 2 N–H and O–H groups in total. The predicted octanol–water partition coefficient (Wildman–Crippen LogP) is 2.61. The van der Waals surface area contributed by atoms with Gasteiger partial charge in [0.25, 0.3) is 0 Å². The molecule has 0 aromatic rings. The Kier molecular flexibility index (Phi) is 4.84. The zero-order chi connectivity index (χ0) is 12.0. The summed E-state index contributed by atoms with van der Waals surface area (Å²) in [6.45, 7) is 0. The number of thioether (sulfide) groups is 2. The van der Waals surface area contributed by atoms with Gasteiger partial charge in [-0.1, -0.05) is 0 Å². The maximum Gasteiger partial charge on any atom is 0.149 e. The minimum absolute atomic E-state index is 0.0116. The third-order valence-electron chi connectivity index (χ3n) is 1.60. The molecule has 4 nitrogen and oxygen atoms in total. The molecule has 6 heteroatoms. The summed E-state index contributed by atoms with van der Waals surface area (Å²) in [5.74, 6) is 0.733. The number of hydrogen-bond donors (Lipinski definition) is 2. The number of allylic oxidation sites excluding steroid dienone is 3. The summed E-state index contributed by atoms with van der Waals surface area (Å²) >= 11 is 2.43. The van der Waals surface area contributed by atoms with Gasteiger partial charge in [-0.2, -0.15) is 10.5 Å². The Morgan fingerprint density at radius 3 is 1.88 bits per heavy atom. The molecule has 0 aromatic heterocycles. The van der Waals surface area contributed by atoms with E-state index in [1.165, 1.54) is 35.7 Å². The molecule has 0 saturated carbocycles. The Hall–Kier alpha value is -1.50. The molecule has 0 radical (unpaired) electrons. The minimum Gasteiger partial charge on any atom is -0.511 e. The first-order valence-corrected chi connectivity index (χ1v) is 6.22. The fraction of sp³-hybridized carbons (Fsp3) is 0.200. The molecule has 16 heavy (non-hydrogen) atoms. The van der Waals surface area contributed by atoms with Gasteiger partial charge in [-0.25, -0.2) is 0 Å². The van der Waals surface area contributed by atoms with Gasteiger partial charge in [0.05, 0.1) is 15.7 Å². The zero-order valence-corrected chi connectivity index (χ0v) is 9.81. The van der Waals surface area contributed by atoms with Crippen LogP contribution in [-0.4, -0.2) is 21.7 Å². The fourth-order valence-corrected chi connectivity index (χ4v) is 2.78.